The Kier molecular flexibility index (Phi) is 5.82. The molecule has 0 radical (unpaired) electrons. The van der Waals surface area contributed by atoms with Crippen molar-refractivity contribution in [1.82, 2.24) is 9.97 Å². The van der Waals surface area contributed by atoms with Crippen LogP contribution in [-0.4, -0.2) is 34.3 Å². The SMILES string of the molecule is Cc1cccnc1-c1ccc(N2CCC(Oc3ccc(C(F)(F)F)cn3)C2)c(CO)c1. The smallest absolute Gasteiger partial charge is 0.417 e. The van der Waals surface area contributed by atoms with Gasteiger partial charge in [0.05, 0.1) is 24.4 Å². The highest BCUT2D eigenvalue weighted by molar-refractivity contribution is 5.68. The number of hydrogen-bond acceptors (Lipinski definition) is 5. The average Bonchev–Trinajstić information content (AvgIpc) is 3.21. The van der Waals surface area contributed by atoms with Crippen LogP contribution in [0.15, 0.2) is 54.9 Å². The van der Waals surface area contributed by atoms with Crippen molar-refractivity contribution in [3.05, 3.63) is 71.5 Å². The monoisotopic (exact) mass is 429 g/mol. The molecule has 1 N–H and O–H groups in total. The van der Waals surface area contributed by atoms with E-state index in [9.17, 15) is 18.3 Å². The Morgan fingerprint density at radius 3 is 2.68 bits per heavy atom. The minimum absolute atomic E-state index is 0.114. The molecule has 31 heavy (non-hydrogen) atoms. The zero-order valence-electron chi connectivity index (χ0n) is 16.9. The number of aromatic nitrogens is 2. The first-order valence-corrected chi connectivity index (χ1v) is 9.96. The number of anilines is 1. The van der Waals surface area contributed by atoms with E-state index >= 15 is 0 Å². The van der Waals surface area contributed by atoms with Gasteiger partial charge in [-0.3, -0.25) is 4.98 Å². The summed E-state index contributed by atoms with van der Waals surface area (Å²) in [7, 11) is 0. The van der Waals surface area contributed by atoms with Gasteiger partial charge in [0.15, 0.2) is 0 Å². The largest absolute Gasteiger partial charge is 0.472 e. The number of aliphatic hydroxyl groups is 1. The van der Waals surface area contributed by atoms with Crippen LogP contribution in [0.25, 0.3) is 11.3 Å². The second kappa shape index (κ2) is 8.55. The number of alkyl halides is 3. The number of pyridine rings is 2. The summed E-state index contributed by atoms with van der Waals surface area (Å²) in [6.45, 7) is 3.14. The maximum absolute atomic E-state index is 12.7. The lowest BCUT2D eigenvalue weighted by Gasteiger charge is -2.22. The molecule has 1 aliphatic rings. The lowest BCUT2D eigenvalue weighted by Crippen LogP contribution is -2.25. The van der Waals surface area contributed by atoms with E-state index in [2.05, 4.69) is 14.9 Å². The number of hydrogen-bond donors (Lipinski definition) is 1. The van der Waals surface area contributed by atoms with Gasteiger partial charge in [0.25, 0.3) is 0 Å². The molecule has 5 nitrogen and oxygen atoms in total. The van der Waals surface area contributed by atoms with Crippen LogP contribution in [-0.2, 0) is 12.8 Å². The van der Waals surface area contributed by atoms with Crippen LogP contribution in [0.2, 0.25) is 0 Å². The Bertz CT molecular complexity index is 1050. The molecule has 0 saturated carbocycles. The van der Waals surface area contributed by atoms with Crippen LogP contribution in [0.1, 0.15) is 23.1 Å². The van der Waals surface area contributed by atoms with Gasteiger partial charge in [-0.15, -0.1) is 0 Å². The highest BCUT2D eigenvalue weighted by Crippen LogP contribution is 2.32. The number of nitrogens with zero attached hydrogens (tertiary/aromatic N) is 3. The second-order valence-corrected chi connectivity index (χ2v) is 7.53. The molecule has 162 valence electrons. The maximum atomic E-state index is 12.7. The summed E-state index contributed by atoms with van der Waals surface area (Å²) in [5.41, 5.74) is 3.76. The fraction of sp³-hybridized carbons (Fsp3) is 0.304. The molecule has 0 aliphatic carbocycles. The molecule has 3 heterocycles. The number of rotatable bonds is 5. The van der Waals surface area contributed by atoms with E-state index in [1.54, 1.807) is 6.20 Å². The quantitative estimate of drug-likeness (QED) is 0.641. The molecule has 8 heteroatoms. The summed E-state index contributed by atoms with van der Waals surface area (Å²) in [4.78, 5) is 10.3. The lowest BCUT2D eigenvalue weighted by atomic mass is 10.0. The van der Waals surface area contributed by atoms with Gasteiger partial charge in [0.1, 0.15) is 6.10 Å². The molecule has 2 aromatic heterocycles. The van der Waals surface area contributed by atoms with Crippen molar-refractivity contribution in [3.63, 3.8) is 0 Å². The van der Waals surface area contributed by atoms with Crippen LogP contribution in [0.5, 0.6) is 5.88 Å². The van der Waals surface area contributed by atoms with Gasteiger partial charge in [-0.25, -0.2) is 4.98 Å². The Balaban J connectivity index is 1.47. The van der Waals surface area contributed by atoms with Crippen LogP contribution >= 0.6 is 0 Å². The molecule has 1 atom stereocenters. The van der Waals surface area contributed by atoms with Crippen LogP contribution < -0.4 is 9.64 Å². The number of halogens is 3. The van der Waals surface area contributed by atoms with E-state index in [0.29, 0.717) is 19.5 Å². The number of benzene rings is 1. The second-order valence-electron chi connectivity index (χ2n) is 7.53. The van der Waals surface area contributed by atoms with Crippen molar-refractivity contribution in [2.24, 2.45) is 0 Å². The summed E-state index contributed by atoms with van der Waals surface area (Å²) >= 11 is 0. The van der Waals surface area contributed by atoms with E-state index in [1.807, 2.05) is 37.3 Å². The van der Waals surface area contributed by atoms with E-state index in [1.165, 1.54) is 6.07 Å². The molecule has 4 rings (SSSR count). The van der Waals surface area contributed by atoms with Crippen molar-refractivity contribution in [3.8, 4) is 17.1 Å². The minimum Gasteiger partial charge on any atom is -0.472 e. The summed E-state index contributed by atoms with van der Waals surface area (Å²) in [5, 5.41) is 9.93. The first-order chi connectivity index (χ1) is 14.8. The molecule has 1 saturated heterocycles. The molecule has 1 unspecified atom stereocenters. The predicted octanol–water partition coefficient (Wildman–Crippen LogP) is 4.62. The van der Waals surface area contributed by atoms with Crippen LogP contribution in [0, 0.1) is 6.92 Å². The van der Waals surface area contributed by atoms with E-state index in [0.717, 1.165) is 40.3 Å². The van der Waals surface area contributed by atoms with Crippen molar-refractivity contribution in [2.45, 2.75) is 32.2 Å². The van der Waals surface area contributed by atoms with Crippen molar-refractivity contribution in [2.75, 3.05) is 18.0 Å². The molecule has 0 spiro atoms. The van der Waals surface area contributed by atoms with Gasteiger partial charge >= 0.3 is 6.18 Å². The summed E-state index contributed by atoms with van der Waals surface area (Å²) < 4.78 is 43.8. The third-order valence-electron chi connectivity index (χ3n) is 5.37. The highest BCUT2D eigenvalue weighted by atomic mass is 19.4. The number of aryl methyl sites for hydroxylation is 1. The topological polar surface area (TPSA) is 58.5 Å². The molecular weight excluding hydrogens is 407 g/mol. The van der Waals surface area contributed by atoms with Gasteiger partial charge in [-0.05, 0) is 36.8 Å². The standard InChI is InChI=1S/C23H22F3N3O2/c1-15-3-2-9-27-22(15)16-4-6-20(17(11-16)14-30)29-10-8-19(13-29)31-21-7-5-18(12-28-21)23(24,25)26/h2-7,9,11-12,19,30H,8,10,13-14H2,1H3. The number of aliphatic hydroxyl groups excluding tert-OH is 1. The van der Waals surface area contributed by atoms with E-state index in [4.69, 9.17) is 4.74 Å². The normalized spacial score (nSPS) is 16.5. The third-order valence-corrected chi connectivity index (χ3v) is 5.37. The van der Waals surface area contributed by atoms with Crippen LogP contribution in [0.3, 0.4) is 0 Å². The summed E-state index contributed by atoms with van der Waals surface area (Å²) in [6.07, 6.45) is -1.39. The molecule has 0 bridgehead atoms. The Hall–Kier alpha value is -3.13. The van der Waals surface area contributed by atoms with E-state index < -0.39 is 11.7 Å². The Morgan fingerprint density at radius 2 is 2.00 bits per heavy atom. The van der Waals surface area contributed by atoms with Gasteiger partial charge in [-0.2, -0.15) is 13.2 Å². The highest BCUT2D eigenvalue weighted by Gasteiger charge is 2.31. The Morgan fingerprint density at radius 1 is 1.16 bits per heavy atom. The molecule has 1 aliphatic heterocycles. The molecule has 1 fully saturated rings. The molecule has 0 amide bonds. The van der Waals surface area contributed by atoms with Gasteiger partial charge in [0.2, 0.25) is 5.88 Å². The molecular formula is C23H22F3N3O2. The first-order valence-electron chi connectivity index (χ1n) is 9.96. The Labute approximate surface area is 178 Å². The van der Waals surface area contributed by atoms with Gasteiger partial charge in [0, 0.05) is 48.2 Å². The van der Waals surface area contributed by atoms with Crippen molar-refractivity contribution < 1.29 is 23.0 Å². The zero-order chi connectivity index (χ0) is 22.0. The zero-order valence-corrected chi connectivity index (χ0v) is 16.9. The molecule has 1 aromatic carbocycles. The third kappa shape index (κ3) is 4.64. The maximum Gasteiger partial charge on any atom is 0.417 e. The average molecular weight is 429 g/mol. The van der Waals surface area contributed by atoms with Crippen molar-refractivity contribution in [1.29, 1.82) is 0 Å². The summed E-state index contributed by atoms with van der Waals surface area (Å²) in [6, 6.07) is 12.0. The first kappa shape index (κ1) is 21.1. The predicted molar refractivity (Wildman–Crippen MR) is 111 cm³/mol. The minimum atomic E-state index is -4.42. The van der Waals surface area contributed by atoms with E-state index in [-0.39, 0.29) is 18.6 Å². The van der Waals surface area contributed by atoms with Crippen LogP contribution in [0.4, 0.5) is 18.9 Å². The number of ether oxygens (including phenoxy) is 1. The summed E-state index contributed by atoms with van der Waals surface area (Å²) in [5.74, 6) is 0.170. The fourth-order valence-electron chi connectivity index (χ4n) is 3.79. The fourth-order valence-corrected chi connectivity index (χ4v) is 3.79. The lowest BCUT2D eigenvalue weighted by molar-refractivity contribution is -0.137. The molecule has 3 aromatic rings. The van der Waals surface area contributed by atoms with Gasteiger partial charge in [-0.1, -0.05) is 12.1 Å². The van der Waals surface area contributed by atoms with Gasteiger partial charge < -0.3 is 14.7 Å². The van der Waals surface area contributed by atoms with Crippen molar-refractivity contribution >= 4 is 5.69 Å².